The molecule has 30 heavy (non-hydrogen) atoms. The van der Waals surface area contributed by atoms with Gasteiger partial charge in [0.05, 0.1) is 16.3 Å². The molecule has 0 aliphatic carbocycles. The molecule has 3 rings (SSSR count). The Labute approximate surface area is 184 Å². The molecule has 0 saturated carbocycles. The number of aliphatic imine (C=N–C) groups is 1. The minimum atomic E-state index is -4.65. The molecule has 2 aromatic carbocycles. The standard InChI is InChI=1S/C19H14Cl2F3N3O2S/c1-9-2-3-11(7-14(9)21)26-18-27-17(29)15(30-18)8-16(28)25-10-4-5-13(20)12(6-10)19(22,23)24/h2-7,15H,8H2,1H3,(H,25,28)(H,26,27,29)/t15-/m1/s1. The Bertz CT molecular complexity index is 1040. The summed E-state index contributed by atoms with van der Waals surface area (Å²) in [7, 11) is 0. The maximum atomic E-state index is 12.9. The molecule has 5 nitrogen and oxygen atoms in total. The van der Waals surface area contributed by atoms with Gasteiger partial charge in [-0.3, -0.25) is 9.59 Å². The SMILES string of the molecule is Cc1ccc(N=C2NC(=O)[C@@H](CC(=O)Nc3ccc(Cl)c(C(F)(F)F)c3)S2)cc1Cl. The van der Waals surface area contributed by atoms with Gasteiger partial charge < -0.3 is 10.6 Å². The lowest BCUT2D eigenvalue weighted by Crippen LogP contribution is -2.28. The number of alkyl halides is 3. The minimum absolute atomic E-state index is 0.0664. The monoisotopic (exact) mass is 475 g/mol. The maximum absolute atomic E-state index is 12.9. The van der Waals surface area contributed by atoms with Crippen LogP contribution >= 0.6 is 35.0 Å². The molecule has 11 heteroatoms. The molecule has 1 aliphatic heterocycles. The molecule has 1 aliphatic rings. The van der Waals surface area contributed by atoms with Crippen molar-refractivity contribution in [1.29, 1.82) is 0 Å². The molecular weight excluding hydrogens is 462 g/mol. The van der Waals surface area contributed by atoms with Crippen LogP contribution in [-0.4, -0.2) is 22.2 Å². The zero-order valence-electron chi connectivity index (χ0n) is 15.3. The van der Waals surface area contributed by atoms with E-state index in [0.717, 1.165) is 29.5 Å². The van der Waals surface area contributed by atoms with Crippen LogP contribution in [0.25, 0.3) is 0 Å². The quantitative estimate of drug-likeness (QED) is 0.607. The first-order valence-corrected chi connectivity index (χ1v) is 10.2. The summed E-state index contributed by atoms with van der Waals surface area (Å²) in [6.45, 7) is 1.85. The first kappa shape index (κ1) is 22.5. The molecule has 1 fully saturated rings. The number of hydrogen-bond acceptors (Lipinski definition) is 4. The zero-order valence-corrected chi connectivity index (χ0v) is 17.6. The van der Waals surface area contributed by atoms with Crippen LogP contribution in [-0.2, 0) is 15.8 Å². The maximum Gasteiger partial charge on any atom is 0.417 e. The Morgan fingerprint density at radius 1 is 1.20 bits per heavy atom. The third-order valence-corrected chi connectivity index (χ3v) is 5.91. The van der Waals surface area contributed by atoms with Crippen LogP contribution in [0.1, 0.15) is 17.5 Å². The van der Waals surface area contributed by atoms with E-state index in [-0.39, 0.29) is 12.1 Å². The van der Waals surface area contributed by atoms with Gasteiger partial charge in [-0.15, -0.1) is 0 Å². The highest BCUT2D eigenvalue weighted by Gasteiger charge is 2.34. The number of benzene rings is 2. The molecule has 2 aromatic rings. The number of amides is 2. The van der Waals surface area contributed by atoms with Gasteiger partial charge in [-0.2, -0.15) is 13.2 Å². The fraction of sp³-hybridized carbons (Fsp3) is 0.211. The van der Waals surface area contributed by atoms with Crippen LogP contribution in [0.5, 0.6) is 0 Å². The Balaban J connectivity index is 1.65. The van der Waals surface area contributed by atoms with Crippen molar-refractivity contribution in [2.45, 2.75) is 24.8 Å². The third-order valence-electron chi connectivity index (χ3n) is 4.09. The van der Waals surface area contributed by atoms with Crippen molar-refractivity contribution < 1.29 is 22.8 Å². The van der Waals surface area contributed by atoms with Gasteiger partial charge in [0.15, 0.2) is 5.17 Å². The first-order valence-electron chi connectivity index (χ1n) is 8.52. The van der Waals surface area contributed by atoms with E-state index in [0.29, 0.717) is 15.9 Å². The number of amidine groups is 1. The number of thioether (sulfide) groups is 1. The molecule has 0 unspecified atom stereocenters. The predicted molar refractivity (Wildman–Crippen MR) is 113 cm³/mol. The summed E-state index contributed by atoms with van der Waals surface area (Å²) in [6.07, 6.45) is -4.89. The van der Waals surface area contributed by atoms with E-state index in [1.54, 1.807) is 18.2 Å². The zero-order chi connectivity index (χ0) is 22.1. The molecule has 0 spiro atoms. The fourth-order valence-corrected chi connectivity index (χ4v) is 3.95. The van der Waals surface area contributed by atoms with Gasteiger partial charge in [0.2, 0.25) is 11.8 Å². The Morgan fingerprint density at radius 3 is 2.60 bits per heavy atom. The minimum Gasteiger partial charge on any atom is -0.326 e. The fourth-order valence-electron chi connectivity index (χ4n) is 2.56. The van der Waals surface area contributed by atoms with E-state index in [9.17, 15) is 22.8 Å². The van der Waals surface area contributed by atoms with Gasteiger partial charge in [-0.1, -0.05) is 41.0 Å². The highest BCUT2D eigenvalue weighted by molar-refractivity contribution is 8.15. The largest absolute Gasteiger partial charge is 0.417 e. The molecule has 1 heterocycles. The number of rotatable bonds is 4. The summed E-state index contributed by atoms with van der Waals surface area (Å²) < 4.78 is 38.8. The van der Waals surface area contributed by atoms with Crippen molar-refractivity contribution >= 4 is 63.3 Å². The number of carbonyl (C=O) groups excluding carboxylic acids is 2. The van der Waals surface area contributed by atoms with Crippen molar-refractivity contribution in [2.24, 2.45) is 4.99 Å². The van der Waals surface area contributed by atoms with E-state index < -0.39 is 33.8 Å². The summed E-state index contributed by atoms with van der Waals surface area (Å²) in [5, 5.41) is 4.54. The molecule has 1 saturated heterocycles. The average molecular weight is 476 g/mol. The van der Waals surface area contributed by atoms with Gasteiger partial charge in [0.1, 0.15) is 5.25 Å². The van der Waals surface area contributed by atoms with Crippen molar-refractivity contribution in [1.82, 2.24) is 5.32 Å². The summed E-state index contributed by atoms with van der Waals surface area (Å²) in [5.74, 6) is -1.03. The van der Waals surface area contributed by atoms with Gasteiger partial charge in [-0.25, -0.2) is 4.99 Å². The molecule has 2 N–H and O–H groups in total. The van der Waals surface area contributed by atoms with E-state index >= 15 is 0 Å². The summed E-state index contributed by atoms with van der Waals surface area (Å²) in [5.41, 5.74) is 0.304. The normalized spacial score (nSPS) is 17.9. The number of nitrogens with zero attached hydrogens (tertiary/aromatic N) is 1. The molecule has 0 aromatic heterocycles. The lowest BCUT2D eigenvalue weighted by atomic mass is 10.2. The highest BCUT2D eigenvalue weighted by Crippen LogP contribution is 2.36. The van der Waals surface area contributed by atoms with Crippen molar-refractivity contribution in [2.75, 3.05) is 5.32 Å². The van der Waals surface area contributed by atoms with E-state index in [2.05, 4.69) is 15.6 Å². The predicted octanol–water partition coefficient (Wildman–Crippen LogP) is 5.57. The number of hydrogen-bond donors (Lipinski definition) is 2. The summed E-state index contributed by atoms with van der Waals surface area (Å²) in [6, 6.07) is 8.22. The molecule has 0 bridgehead atoms. The Hall–Kier alpha value is -2.23. The van der Waals surface area contributed by atoms with Gasteiger partial charge in [-0.05, 0) is 42.8 Å². The molecule has 2 amide bonds. The van der Waals surface area contributed by atoms with Crippen LogP contribution in [0.2, 0.25) is 10.0 Å². The second kappa shape index (κ2) is 8.87. The van der Waals surface area contributed by atoms with Gasteiger partial charge in [0, 0.05) is 17.1 Å². The van der Waals surface area contributed by atoms with Crippen LogP contribution in [0.15, 0.2) is 41.4 Å². The topological polar surface area (TPSA) is 70.6 Å². The van der Waals surface area contributed by atoms with E-state index in [4.69, 9.17) is 23.2 Å². The lowest BCUT2D eigenvalue weighted by Gasteiger charge is -2.12. The van der Waals surface area contributed by atoms with E-state index in [1.807, 2.05) is 6.92 Å². The summed E-state index contributed by atoms with van der Waals surface area (Å²) >= 11 is 12.7. The number of aryl methyl sites for hydroxylation is 1. The van der Waals surface area contributed by atoms with Gasteiger partial charge in [0.25, 0.3) is 0 Å². The Kier molecular flexibility index (Phi) is 6.64. The Morgan fingerprint density at radius 2 is 1.93 bits per heavy atom. The molecule has 158 valence electrons. The second-order valence-electron chi connectivity index (χ2n) is 6.39. The number of anilines is 1. The summed E-state index contributed by atoms with van der Waals surface area (Å²) in [4.78, 5) is 28.7. The van der Waals surface area contributed by atoms with Crippen LogP contribution in [0.4, 0.5) is 24.5 Å². The number of carbonyl (C=O) groups is 2. The van der Waals surface area contributed by atoms with Crippen molar-refractivity contribution in [3.05, 3.63) is 57.6 Å². The number of nitrogens with one attached hydrogen (secondary N) is 2. The molecule has 0 radical (unpaired) electrons. The first-order chi connectivity index (χ1) is 14.0. The van der Waals surface area contributed by atoms with Crippen LogP contribution in [0, 0.1) is 6.92 Å². The smallest absolute Gasteiger partial charge is 0.326 e. The van der Waals surface area contributed by atoms with Crippen molar-refractivity contribution in [3.8, 4) is 0 Å². The lowest BCUT2D eigenvalue weighted by molar-refractivity contribution is -0.137. The van der Waals surface area contributed by atoms with Crippen LogP contribution < -0.4 is 10.6 Å². The van der Waals surface area contributed by atoms with Crippen molar-refractivity contribution in [3.63, 3.8) is 0 Å². The third kappa shape index (κ3) is 5.47. The van der Waals surface area contributed by atoms with E-state index in [1.165, 1.54) is 6.07 Å². The number of halogens is 5. The van der Waals surface area contributed by atoms with Crippen LogP contribution in [0.3, 0.4) is 0 Å². The molecule has 1 atom stereocenters. The van der Waals surface area contributed by atoms with Gasteiger partial charge >= 0.3 is 6.18 Å². The highest BCUT2D eigenvalue weighted by atomic mass is 35.5. The molecular formula is C19H14Cl2F3N3O2S. The average Bonchev–Trinajstić information content (AvgIpc) is 2.97. The second-order valence-corrected chi connectivity index (χ2v) is 8.40.